The van der Waals surface area contributed by atoms with Crippen molar-refractivity contribution in [3.63, 3.8) is 0 Å². The Morgan fingerprint density at radius 3 is 2.19 bits per heavy atom. The second-order valence-corrected chi connectivity index (χ2v) is 4.44. The van der Waals surface area contributed by atoms with E-state index in [2.05, 4.69) is 0 Å². The molecule has 0 amide bonds. The molecule has 1 aliphatic carbocycles. The minimum absolute atomic E-state index is 0.396. The third-order valence-electron chi connectivity index (χ3n) is 3.38. The summed E-state index contributed by atoms with van der Waals surface area (Å²) in [4.78, 5) is 21.9. The molecular formula is C11H17NO4. The van der Waals surface area contributed by atoms with Crippen molar-refractivity contribution in [1.82, 2.24) is 0 Å². The van der Waals surface area contributed by atoms with E-state index in [1.165, 1.54) is 0 Å². The van der Waals surface area contributed by atoms with Crippen LogP contribution in [0.15, 0.2) is 11.1 Å². The quantitative estimate of drug-likeness (QED) is 0.620. The van der Waals surface area contributed by atoms with Crippen LogP contribution in [0, 0.1) is 11.8 Å². The van der Waals surface area contributed by atoms with E-state index in [-0.39, 0.29) is 0 Å². The van der Waals surface area contributed by atoms with E-state index in [1.54, 1.807) is 0 Å². The third kappa shape index (κ3) is 2.41. The topological polar surface area (TPSA) is 101 Å². The molecule has 0 spiro atoms. The minimum Gasteiger partial charge on any atom is -0.481 e. The number of hydrogen-bond donors (Lipinski definition) is 3. The van der Waals surface area contributed by atoms with Gasteiger partial charge in [-0.3, -0.25) is 9.59 Å². The summed E-state index contributed by atoms with van der Waals surface area (Å²) in [6, 6.07) is -1.11. The van der Waals surface area contributed by atoms with Crippen LogP contribution in [-0.4, -0.2) is 28.2 Å². The van der Waals surface area contributed by atoms with Crippen LogP contribution in [0.25, 0.3) is 0 Å². The number of carboxylic acids is 2. The summed E-state index contributed by atoms with van der Waals surface area (Å²) in [6.45, 7) is 3.78. The Morgan fingerprint density at radius 2 is 1.75 bits per heavy atom. The molecule has 90 valence electrons. The summed E-state index contributed by atoms with van der Waals surface area (Å²) in [6.07, 6.45) is 0.850. The first-order valence-electron chi connectivity index (χ1n) is 5.21. The molecule has 0 bridgehead atoms. The van der Waals surface area contributed by atoms with Crippen LogP contribution in [0.5, 0.6) is 0 Å². The van der Waals surface area contributed by atoms with E-state index in [9.17, 15) is 9.59 Å². The van der Waals surface area contributed by atoms with Crippen molar-refractivity contribution in [1.29, 1.82) is 0 Å². The average molecular weight is 227 g/mol. The molecule has 0 saturated heterocycles. The fraction of sp³-hybridized carbons (Fsp3) is 0.636. The molecule has 0 heterocycles. The number of rotatable bonds is 3. The molecular weight excluding hydrogens is 210 g/mol. The van der Waals surface area contributed by atoms with E-state index in [4.69, 9.17) is 15.9 Å². The van der Waals surface area contributed by atoms with Gasteiger partial charge in [-0.1, -0.05) is 11.1 Å². The maximum Gasteiger partial charge on any atom is 0.320 e. The minimum atomic E-state index is -1.14. The van der Waals surface area contributed by atoms with Crippen molar-refractivity contribution in [2.75, 3.05) is 0 Å². The van der Waals surface area contributed by atoms with E-state index in [0.717, 1.165) is 11.1 Å². The highest BCUT2D eigenvalue weighted by molar-refractivity contribution is 5.77. The Hall–Kier alpha value is -1.36. The third-order valence-corrected chi connectivity index (χ3v) is 3.38. The van der Waals surface area contributed by atoms with E-state index < -0.39 is 29.8 Å². The molecule has 0 aromatic heterocycles. The van der Waals surface area contributed by atoms with Crippen LogP contribution in [0.4, 0.5) is 0 Å². The van der Waals surface area contributed by atoms with Crippen molar-refractivity contribution in [3.05, 3.63) is 11.1 Å². The summed E-state index contributed by atoms with van der Waals surface area (Å²) >= 11 is 0. The lowest BCUT2D eigenvalue weighted by Crippen LogP contribution is -2.45. The van der Waals surface area contributed by atoms with Gasteiger partial charge in [-0.05, 0) is 26.7 Å². The lowest BCUT2D eigenvalue weighted by molar-refractivity contribution is -0.146. The molecule has 0 saturated carbocycles. The van der Waals surface area contributed by atoms with Crippen molar-refractivity contribution in [2.45, 2.75) is 32.7 Å². The number of nitrogens with two attached hydrogens (primary N) is 1. The van der Waals surface area contributed by atoms with Crippen molar-refractivity contribution >= 4 is 11.9 Å². The predicted octanol–water partition coefficient (Wildman–Crippen LogP) is 0.845. The van der Waals surface area contributed by atoms with Gasteiger partial charge >= 0.3 is 11.9 Å². The molecule has 5 nitrogen and oxygen atoms in total. The predicted molar refractivity (Wildman–Crippen MR) is 57.8 cm³/mol. The Labute approximate surface area is 93.9 Å². The molecule has 0 aromatic carbocycles. The van der Waals surface area contributed by atoms with Gasteiger partial charge in [0.05, 0.1) is 5.92 Å². The molecule has 0 fully saturated rings. The summed E-state index contributed by atoms with van der Waals surface area (Å²) < 4.78 is 0. The zero-order valence-corrected chi connectivity index (χ0v) is 9.43. The first kappa shape index (κ1) is 12.7. The highest BCUT2D eigenvalue weighted by Crippen LogP contribution is 2.35. The molecule has 0 aliphatic heterocycles. The van der Waals surface area contributed by atoms with Crippen LogP contribution in [-0.2, 0) is 9.59 Å². The lowest BCUT2D eigenvalue weighted by Gasteiger charge is -2.32. The Bertz CT molecular complexity index is 348. The zero-order valence-electron chi connectivity index (χ0n) is 9.43. The molecule has 0 aromatic rings. The molecule has 1 aliphatic rings. The zero-order chi connectivity index (χ0) is 12.5. The maximum atomic E-state index is 11.1. The van der Waals surface area contributed by atoms with E-state index in [1.807, 2.05) is 13.8 Å². The van der Waals surface area contributed by atoms with Crippen LogP contribution in [0.3, 0.4) is 0 Å². The highest BCUT2D eigenvalue weighted by Gasteiger charge is 2.38. The molecule has 4 N–H and O–H groups in total. The largest absolute Gasteiger partial charge is 0.481 e. The van der Waals surface area contributed by atoms with Crippen LogP contribution in [0.1, 0.15) is 26.7 Å². The molecule has 1 rings (SSSR count). The summed E-state index contributed by atoms with van der Waals surface area (Å²) in [5, 5.41) is 17.9. The number of hydrogen-bond acceptors (Lipinski definition) is 3. The van der Waals surface area contributed by atoms with Gasteiger partial charge in [-0.25, -0.2) is 0 Å². The summed E-state index contributed by atoms with van der Waals surface area (Å²) in [5.74, 6) is -3.30. The lowest BCUT2D eigenvalue weighted by atomic mass is 9.73. The molecule has 0 radical (unpaired) electrons. The molecule has 16 heavy (non-hydrogen) atoms. The van der Waals surface area contributed by atoms with Gasteiger partial charge in [-0.15, -0.1) is 0 Å². The van der Waals surface area contributed by atoms with Gasteiger partial charge in [-0.2, -0.15) is 0 Å². The van der Waals surface area contributed by atoms with Gasteiger partial charge in [0.25, 0.3) is 0 Å². The maximum absolute atomic E-state index is 11.1. The number of allylic oxidation sites excluding steroid dienone is 2. The van der Waals surface area contributed by atoms with Crippen molar-refractivity contribution in [3.8, 4) is 0 Å². The van der Waals surface area contributed by atoms with Gasteiger partial charge in [0.15, 0.2) is 0 Å². The Morgan fingerprint density at radius 1 is 1.25 bits per heavy atom. The van der Waals surface area contributed by atoms with Crippen LogP contribution in [0.2, 0.25) is 0 Å². The Balaban J connectivity index is 2.97. The van der Waals surface area contributed by atoms with Gasteiger partial charge in [0.2, 0.25) is 0 Å². The second kappa shape index (κ2) is 4.65. The van der Waals surface area contributed by atoms with Gasteiger partial charge < -0.3 is 15.9 Å². The van der Waals surface area contributed by atoms with Gasteiger partial charge in [0, 0.05) is 5.92 Å². The molecule has 3 atom stereocenters. The smallest absolute Gasteiger partial charge is 0.320 e. The normalized spacial score (nSPS) is 27.7. The number of carboxylic acid groups (broad SMARTS) is 2. The Kier molecular flexibility index (Phi) is 3.70. The first-order chi connectivity index (χ1) is 7.34. The first-order valence-corrected chi connectivity index (χ1v) is 5.21. The second-order valence-electron chi connectivity index (χ2n) is 4.44. The van der Waals surface area contributed by atoms with Crippen LogP contribution < -0.4 is 5.73 Å². The summed E-state index contributed by atoms with van der Waals surface area (Å²) in [7, 11) is 0. The average Bonchev–Trinajstić information content (AvgIpc) is 2.19. The molecule has 5 heteroatoms. The SMILES string of the molecule is CC1=C(C)C[C@@H](C(N)C(=O)O)[C@H](C(=O)O)C1. The standard InChI is InChI=1S/C11H17NO4/c1-5-3-7(9(12)11(15)16)8(10(13)14)4-6(5)2/h7-9H,3-4,12H2,1-2H3,(H,13,14)(H,15,16)/t7-,8-,9?/m1/s1. The monoisotopic (exact) mass is 227 g/mol. The highest BCUT2D eigenvalue weighted by atomic mass is 16.4. The number of aliphatic carboxylic acids is 2. The number of carbonyl (C=O) groups is 2. The van der Waals surface area contributed by atoms with Crippen molar-refractivity contribution in [2.24, 2.45) is 17.6 Å². The van der Waals surface area contributed by atoms with E-state index >= 15 is 0 Å². The molecule has 1 unspecified atom stereocenters. The summed E-state index contributed by atoms with van der Waals surface area (Å²) in [5.41, 5.74) is 7.63. The van der Waals surface area contributed by atoms with Crippen molar-refractivity contribution < 1.29 is 19.8 Å². The fourth-order valence-corrected chi connectivity index (χ4v) is 2.16. The van der Waals surface area contributed by atoms with E-state index in [0.29, 0.717) is 12.8 Å². The van der Waals surface area contributed by atoms with Crippen LogP contribution >= 0.6 is 0 Å². The van der Waals surface area contributed by atoms with Gasteiger partial charge in [0.1, 0.15) is 6.04 Å². The fourth-order valence-electron chi connectivity index (χ4n) is 2.16.